The Hall–Kier alpha value is -1.39. The molecule has 2 aliphatic rings. The maximum absolute atomic E-state index is 11.9. The number of carbonyl (C=O) groups is 1. The van der Waals surface area contributed by atoms with E-state index in [9.17, 15) is 4.79 Å². The number of hydrogen-bond donors (Lipinski definition) is 0. The van der Waals surface area contributed by atoms with Crippen molar-refractivity contribution in [3.8, 4) is 0 Å². The number of nitrogens with zero attached hydrogens (tertiary/aromatic N) is 3. The molecule has 1 aromatic rings. The van der Waals surface area contributed by atoms with Gasteiger partial charge in [0.05, 0.1) is 0 Å². The lowest BCUT2D eigenvalue weighted by Crippen LogP contribution is -2.51. The van der Waals surface area contributed by atoms with Gasteiger partial charge in [-0.25, -0.2) is 0 Å². The van der Waals surface area contributed by atoms with E-state index < -0.39 is 0 Å². The van der Waals surface area contributed by atoms with E-state index in [0.29, 0.717) is 17.8 Å². The van der Waals surface area contributed by atoms with Gasteiger partial charge in [0.1, 0.15) is 0 Å². The second-order valence-corrected chi connectivity index (χ2v) is 8.52. The molecule has 144 valence electrons. The normalized spacial score (nSPS) is 23.9. The smallest absolute Gasteiger partial charge is 0.223 e. The number of carbonyl (C=O) groups excluding carboxylic acids is 1. The van der Waals surface area contributed by atoms with Crippen LogP contribution in [0.1, 0.15) is 44.1 Å². The summed E-state index contributed by atoms with van der Waals surface area (Å²) in [6.07, 6.45) is 4.50. The molecule has 4 nitrogen and oxygen atoms in total. The number of benzene rings is 1. The molecule has 0 bridgehead atoms. The average molecular weight is 358 g/mol. The van der Waals surface area contributed by atoms with Crippen molar-refractivity contribution >= 4 is 5.91 Å². The van der Waals surface area contributed by atoms with Gasteiger partial charge in [-0.2, -0.15) is 0 Å². The molecule has 1 aromatic carbocycles. The lowest BCUT2D eigenvalue weighted by atomic mass is 9.68. The Morgan fingerprint density at radius 2 is 1.85 bits per heavy atom. The van der Waals surface area contributed by atoms with Crippen molar-refractivity contribution in [3.63, 3.8) is 0 Å². The Balaban J connectivity index is 1.60. The largest absolute Gasteiger partial charge is 0.349 e. The molecule has 2 aliphatic heterocycles. The van der Waals surface area contributed by atoms with Crippen LogP contribution >= 0.6 is 0 Å². The van der Waals surface area contributed by atoms with Gasteiger partial charge in [0.2, 0.25) is 5.91 Å². The van der Waals surface area contributed by atoms with Gasteiger partial charge in [0, 0.05) is 40.2 Å². The maximum Gasteiger partial charge on any atom is 0.223 e. The van der Waals surface area contributed by atoms with E-state index in [1.54, 1.807) is 4.90 Å². The van der Waals surface area contributed by atoms with E-state index in [0.717, 1.165) is 26.2 Å². The van der Waals surface area contributed by atoms with Crippen LogP contribution in [0.4, 0.5) is 0 Å². The summed E-state index contributed by atoms with van der Waals surface area (Å²) in [5.74, 6) is 0.899. The van der Waals surface area contributed by atoms with Crippen molar-refractivity contribution in [1.29, 1.82) is 0 Å². The summed E-state index contributed by atoms with van der Waals surface area (Å²) in [5, 5.41) is 0. The summed E-state index contributed by atoms with van der Waals surface area (Å²) in [4.78, 5) is 18.7. The van der Waals surface area contributed by atoms with Crippen molar-refractivity contribution in [2.45, 2.75) is 38.5 Å². The fourth-order valence-corrected chi connectivity index (χ4v) is 4.78. The zero-order valence-electron chi connectivity index (χ0n) is 16.8. The van der Waals surface area contributed by atoms with Gasteiger partial charge in [0.25, 0.3) is 0 Å². The van der Waals surface area contributed by atoms with E-state index >= 15 is 0 Å². The fourth-order valence-electron chi connectivity index (χ4n) is 4.78. The molecule has 0 N–H and O–H groups in total. The fraction of sp³-hybridized carbons (Fsp3) is 0.682. The molecule has 2 fully saturated rings. The molecule has 1 atom stereocenters. The van der Waals surface area contributed by atoms with Crippen molar-refractivity contribution in [2.75, 3.05) is 53.4 Å². The summed E-state index contributed by atoms with van der Waals surface area (Å²) < 4.78 is 0. The topological polar surface area (TPSA) is 26.8 Å². The highest BCUT2D eigenvalue weighted by atomic mass is 16.2. The minimum atomic E-state index is 0.240. The first-order valence-electron chi connectivity index (χ1n) is 10.2. The summed E-state index contributed by atoms with van der Waals surface area (Å²) in [7, 11) is 3.69. The SMILES string of the molecule is CCN1C[C@@H](c2ccccc2)CC2(CCN(CCC(=O)N(C)C)CC2)C1. The molecule has 0 aliphatic carbocycles. The van der Waals surface area contributed by atoms with Crippen molar-refractivity contribution in [1.82, 2.24) is 14.7 Å². The third kappa shape index (κ3) is 4.66. The van der Waals surface area contributed by atoms with Crippen LogP contribution in [0, 0.1) is 5.41 Å². The van der Waals surface area contributed by atoms with E-state index in [1.165, 1.54) is 37.9 Å². The number of hydrogen-bond acceptors (Lipinski definition) is 3. The van der Waals surface area contributed by atoms with Crippen LogP contribution in [0.2, 0.25) is 0 Å². The predicted molar refractivity (Wildman–Crippen MR) is 107 cm³/mol. The summed E-state index contributed by atoms with van der Waals surface area (Å²) in [5.41, 5.74) is 1.96. The van der Waals surface area contributed by atoms with Crippen LogP contribution in [-0.4, -0.2) is 74.0 Å². The number of likely N-dealkylation sites (tertiary alicyclic amines) is 2. The predicted octanol–water partition coefficient (Wildman–Crippen LogP) is 3.06. The molecule has 3 rings (SSSR count). The van der Waals surface area contributed by atoms with E-state index in [-0.39, 0.29) is 5.91 Å². The van der Waals surface area contributed by atoms with Crippen molar-refractivity contribution in [3.05, 3.63) is 35.9 Å². The molecule has 1 amide bonds. The Bertz CT molecular complexity index is 578. The molecule has 1 spiro atoms. The summed E-state index contributed by atoms with van der Waals surface area (Å²) in [6, 6.07) is 11.1. The highest BCUT2D eigenvalue weighted by Crippen LogP contribution is 2.44. The Labute approximate surface area is 159 Å². The maximum atomic E-state index is 11.9. The molecule has 2 heterocycles. The number of amides is 1. The summed E-state index contributed by atoms with van der Waals surface area (Å²) in [6.45, 7) is 9.07. The number of likely N-dealkylation sites (N-methyl/N-ethyl adjacent to an activating group) is 1. The first-order valence-corrected chi connectivity index (χ1v) is 10.2. The van der Waals surface area contributed by atoms with Gasteiger partial charge in [0.15, 0.2) is 0 Å². The molecule has 0 radical (unpaired) electrons. The van der Waals surface area contributed by atoms with Crippen molar-refractivity contribution < 1.29 is 4.79 Å². The molecule has 2 saturated heterocycles. The van der Waals surface area contributed by atoms with Gasteiger partial charge in [-0.1, -0.05) is 37.3 Å². The van der Waals surface area contributed by atoms with Gasteiger partial charge in [-0.3, -0.25) is 4.79 Å². The first-order chi connectivity index (χ1) is 12.5. The monoisotopic (exact) mass is 357 g/mol. The van der Waals surface area contributed by atoms with E-state index in [4.69, 9.17) is 0 Å². The molecular formula is C22H35N3O. The Morgan fingerprint density at radius 1 is 1.15 bits per heavy atom. The summed E-state index contributed by atoms with van der Waals surface area (Å²) >= 11 is 0. The highest BCUT2D eigenvalue weighted by molar-refractivity contribution is 5.75. The van der Waals surface area contributed by atoms with Crippen LogP contribution in [-0.2, 0) is 4.79 Å². The molecule has 0 saturated carbocycles. The lowest BCUT2D eigenvalue weighted by Gasteiger charge is -2.50. The van der Waals surface area contributed by atoms with Crippen LogP contribution in [0.25, 0.3) is 0 Å². The minimum Gasteiger partial charge on any atom is -0.349 e. The second kappa shape index (κ2) is 8.53. The van der Waals surface area contributed by atoms with Gasteiger partial charge in [-0.05, 0) is 55.8 Å². The molecule has 4 heteroatoms. The number of piperidine rings is 2. The van der Waals surface area contributed by atoms with E-state index in [2.05, 4.69) is 47.1 Å². The van der Waals surface area contributed by atoms with Crippen LogP contribution in [0.3, 0.4) is 0 Å². The zero-order chi connectivity index (χ0) is 18.6. The standard InChI is InChI=1S/C22H35N3O/c1-4-24-17-20(19-8-6-5-7-9-19)16-22(18-24)11-14-25(15-12-22)13-10-21(26)23(2)3/h5-9,20H,4,10-18H2,1-3H3/t20-/m0/s1. The Morgan fingerprint density at radius 3 is 2.46 bits per heavy atom. The minimum absolute atomic E-state index is 0.240. The highest BCUT2D eigenvalue weighted by Gasteiger charge is 2.41. The van der Waals surface area contributed by atoms with Gasteiger partial charge >= 0.3 is 0 Å². The van der Waals surface area contributed by atoms with E-state index in [1.807, 2.05) is 14.1 Å². The third-order valence-corrected chi connectivity index (χ3v) is 6.49. The Kier molecular flexibility index (Phi) is 6.36. The second-order valence-electron chi connectivity index (χ2n) is 8.52. The third-order valence-electron chi connectivity index (χ3n) is 6.49. The average Bonchev–Trinajstić information content (AvgIpc) is 2.67. The van der Waals surface area contributed by atoms with Crippen LogP contribution in [0.15, 0.2) is 30.3 Å². The molecule has 0 aromatic heterocycles. The molecule has 0 unspecified atom stereocenters. The number of rotatable bonds is 5. The molecular weight excluding hydrogens is 322 g/mol. The van der Waals surface area contributed by atoms with Gasteiger partial charge < -0.3 is 14.7 Å². The quantitative estimate of drug-likeness (QED) is 0.810. The van der Waals surface area contributed by atoms with Crippen LogP contribution in [0.5, 0.6) is 0 Å². The molecule has 26 heavy (non-hydrogen) atoms. The van der Waals surface area contributed by atoms with Crippen molar-refractivity contribution in [2.24, 2.45) is 5.41 Å². The van der Waals surface area contributed by atoms with Gasteiger partial charge in [-0.15, -0.1) is 0 Å². The first kappa shape index (κ1) is 19.4. The lowest BCUT2D eigenvalue weighted by molar-refractivity contribution is -0.129. The zero-order valence-corrected chi connectivity index (χ0v) is 16.8. The van der Waals surface area contributed by atoms with Crippen LogP contribution < -0.4 is 0 Å².